The molecule has 1 unspecified atom stereocenters. The Balaban J connectivity index is 3.96. The molecule has 3 atom stereocenters. The summed E-state index contributed by atoms with van der Waals surface area (Å²) in [4.78, 5) is 25.3. The van der Waals surface area contributed by atoms with Crippen LogP contribution in [-0.2, 0) is 18.4 Å². The van der Waals surface area contributed by atoms with Gasteiger partial charge in [-0.2, -0.15) is 0 Å². The molecule has 0 rings (SSSR count). The second kappa shape index (κ2) is 45.4. The van der Waals surface area contributed by atoms with E-state index in [1.807, 2.05) is 27.2 Å². The number of phosphoric acid groups is 1. The summed E-state index contributed by atoms with van der Waals surface area (Å²) in [6.45, 7) is 4.66. The van der Waals surface area contributed by atoms with Gasteiger partial charge in [0.25, 0.3) is 7.82 Å². The van der Waals surface area contributed by atoms with Gasteiger partial charge in [-0.25, -0.2) is 0 Å². The predicted octanol–water partition coefficient (Wildman–Crippen LogP) is 15.2. The number of unbranched alkanes of at least 4 members (excludes halogenated alkanes) is 37. The number of hydrogen-bond donors (Lipinski definition) is 2. The van der Waals surface area contributed by atoms with E-state index >= 15 is 0 Å². The van der Waals surface area contributed by atoms with Crippen molar-refractivity contribution in [2.24, 2.45) is 0 Å². The molecule has 370 valence electrons. The molecule has 62 heavy (non-hydrogen) atoms. The summed E-state index contributed by atoms with van der Waals surface area (Å²) in [7, 11) is 1.27. The van der Waals surface area contributed by atoms with E-state index in [1.54, 1.807) is 6.08 Å². The van der Waals surface area contributed by atoms with Crippen LogP contribution in [0.3, 0.4) is 0 Å². The van der Waals surface area contributed by atoms with Crippen LogP contribution >= 0.6 is 7.82 Å². The maximum atomic E-state index is 12.9. The van der Waals surface area contributed by atoms with Crippen molar-refractivity contribution in [2.75, 3.05) is 40.9 Å². The van der Waals surface area contributed by atoms with E-state index in [-0.39, 0.29) is 19.1 Å². The summed E-state index contributed by atoms with van der Waals surface area (Å²) in [5.41, 5.74) is 0. The molecule has 1 amide bonds. The molecule has 9 heteroatoms. The number of allylic oxidation sites excluding steroid dienone is 1. The minimum Gasteiger partial charge on any atom is -0.756 e. The van der Waals surface area contributed by atoms with Gasteiger partial charge in [-0.15, -0.1) is 0 Å². The Morgan fingerprint density at radius 3 is 1.21 bits per heavy atom. The number of nitrogens with one attached hydrogen (secondary N) is 1. The van der Waals surface area contributed by atoms with E-state index in [4.69, 9.17) is 9.05 Å². The summed E-state index contributed by atoms with van der Waals surface area (Å²) in [6, 6.07) is -0.880. The first-order chi connectivity index (χ1) is 30.0. The van der Waals surface area contributed by atoms with E-state index in [9.17, 15) is 19.4 Å². The van der Waals surface area contributed by atoms with Gasteiger partial charge in [-0.05, 0) is 19.3 Å². The Morgan fingerprint density at radius 1 is 0.548 bits per heavy atom. The number of nitrogens with zero attached hydrogens (tertiary/aromatic N) is 1. The fourth-order valence-corrected chi connectivity index (χ4v) is 8.94. The van der Waals surface area contributed by atoms with Crippen LogP contribution in [0.2, 0.25) is 0 Å². The molecule has 0 bridgehead atoms. The van der Waals surface area contributed by atoms with Crippen molar-refractivity contribution in [1.82, 2.24) is 5.32 Å². The van der Waals surface area contributed by atoms with Gasteiger partial charge in [-0.3, -0.25) is 9.36 Å². The van der Waals surface area contributed by atoms with E-state index in [0.717, 1.165) is 38.5 Å². The smallest absolute Gasteiger partial charge is 0.268 e. The number of hydrogen-bond acceptors (Lipinski definition) is 6. The van der Waals surface area contributed by atoms with Gasteiger partial charge in [0.1, 0.15) is 13.2 Å². The van der Waals surface area contributed by atoms with Crippen molar-refractivity contribution in [3.05, 3.63) is 12.2 Å². The number of aliphatic hydroxyl groups excluding tert-OH is 1. The van der Waals surface area contributed by atoms with E-state index < -0.39 is 20.0 Å². The molecular formula is C53H107N2O6P. The molecule has 0 aromatic carbocycles. The number of carbonyl (C=O) groups excluding carboxylic acids is 1. The Morgan fingerprint density at radius 2 is 0.871 bits per heavy atom. The van der Waals surface area contributed by atoms with Gasteiger partial charge >= 0.3 is 0 Å². The zero-order valence-corrected chi connectivity index (χ0v) is 43.0. The van der Waals surface area contributed by atoms with Crippen LogP contribution in [-0.4, -0.2) is 68.5 Å². The molecule has 2 N–H and O–H groups in total. The monoisotopic (exact) mass is 899 g/mol. The summed E-state index contributed by atoms with van der Waals surface area (Å²) < 4.78 is 23.2. The average Bonchev–Trinajstić information content (AvgIpc) is 3.23. The van der Waals surface area contributed by atoms with Gasteiger partial charge < -0.3 is 28.8 Å². The third-order valence-electron chi connectivity index (χ3n) is 12.5. The molecule has 0 spiro atoms. The number of aliphatic hydroxyl groups is 1. The molecule has 0 aliphatic rings. The molecule has 0 radical (unpaired) electrons. The molecule has 0 aromatic heterocycles. The van der Waals surface area contributed by atoms with Gasteiger partial charge in [0, 0.05) is 6.42 Å². The highest BCUT2D eigenvalue weighted by atomic mass is 31.2. The standard InChI is InChI=1S/C53H107N2O6P/c1-6-8-10-12-14-16-18-19-20-21-22-23-24-25-26-27-28-29-30-31-32-33-34-35-36-37-39-41-43-45-47-53(57)54-51(50-61-62(58,59)60-49-48-55(3,4)5)52(56)46-44-42-40-38-17-15-13-11-9-7-2/h44,46,51-52,56H,6-43,45,47-50H2,1-5H3,(H-,54,57,58,59)/b46-44+/t51-,52+/m0/s1. The van der Waals surface area contributed by atoms with E-state index in [1.165, 1.54) is 212 Å². The lowest BCUT2D eigenvalue weighted by Crippen LogP contribution is -2.45. The van der Waals surface area contributed by atoms with Crippen molar-refractivity contribution >= 4 is 13.7 Å². The largest absolute Gasteiger partial charge is 0.756 e. The van der Waals surface area contributed by atoms with Crippen molar-refractivity contribution in [2.45, 2.75) is 283 Å². The molecule has 8 nitrogen and oxygen atoms in total. The highest BCUT2D eigenvalue weighted by Gasteiger charge is 2.23. The Bertz CT molecular complexity index is 1020. The zero-order chi connectivity index (χ0) is 45.7. The zero-order valence-electron chi connectivity index (χ0n) is 42.1. The van der Waals surface area contributed by atoms with Gasteiger partial charge in [0.15, 0.2) is 0 Å². The van der Waals surface area contributed by atoms with Crippen LogP contribution in [0, 0.1) is 0 Å². The van der Waals surface area contributed by atoms with Crippen LogP contribution in [0.15, 0.2) is 12.2 Å². The summed E-state index contributed by atoms with van der Waals surface area (Å²) in [5, 5.41) is 13.8. The van der Waals surface area contributed by atoms with E-state index in [0.29, 0.717) is 17.4 Å². The first-order valence-electron chi connectivity index (χ1n) is 27.1. The highest BCUT2D eigenvalue weighted by Crippen LogP contribution is 2.38. The molecular weight excluding hydrogens is 792 g/mol. The van der Waals surface area contributed by atoms with Crippen LogP contribution in [0.25, 0.3) is 0 Å². The van der Waals surface area contributed by atoms with Crippen molar-refractivity contribution in [1.29, 1.82) is 0 Å². The van der Waals surface area contributed by atoms with Crippen molar-refractivity contribution < 1.29 is 32.9 Å². The first kappa shape index (κ1) is 61.2. The second-order valence-corrected chi connectivity index (χ2v) is 21.4. The number of carbonyl (C=O) groups is 1. The third kappa shape index (κ3) is 47.2. The maximum absolute atomic E-state index is 12.9. The van der Waals surface area contributed by atoms with Crippen LogP contribution in [0.1, 0.15) is 271 Å². The van der Waals surface area contributed by atoms with Gasteiger partial charge in [-0.1, -0.05) is 257 Å². The SMILES string of the molecule is CCCCCCCCCC/C=C/[C@@H](O)[C@H](COP(=O)([O-])OCC[N+](C)(C)C)NC(=O)CCCCCCCCCCCCCCCCCCCCCCCCCCCCCCCC. The number of quaternary nitrogens is 1. The number of phosphoric ester groups is 1. The molecule has 0 aromatic rings. The summed E-state index contributed by atoms with van der Waals surface area (Å²) in [5.74, 6) is -0.193. The minimum absolute atomic E-state index is 0.00203. The van der Waals surface area contributed by atoms with Crippen LogP contribution in [0.4, 0.5) is 0 Å². The minimum atomic E-state index is -4.58. The fourth-order valence-electron chi connectivity index (χ4n) is 8.21. The summed E-state index contributed by atoms with van der Waals surface area (Å²) in [6.07, 6.45) is 54.5. The average molecular weight is 899 g/mol. The second-order valence-electron chi connectivity index (χ2n) is 19.9. The Kier molecular flexibility index (Phi) is 44.8. The lowest BCUT2D eigenvalue weighted by atomic mass is 10.0. The van der Waals surface area contributed by atoms with Crippen molar-refractivity contribution in [3.8, 4) is 0 Å². The lowest BCUT2D eigenvalue weighted by molar-refractivity contribution is -0.870. The molecule has 0 aliphatic heterocycles. The number of amides is 1. The number of likely N-dealkylation sites (N-methyl/N-ethyl adjacent to an activating group) is 1. The Labute approximate surface area is 386 Å². The molecule has 0 heterocycles. The molecule has 0 aliphatic carbocycles. The van der Waals surface area contributed by atoms with Crippen LogP contribution in [0.5, 0.6) is 0 Å². The first-order valence-corrected chi connectivity index (χ1v) is 28.5. The number of rotatable bonds is 50. The molecule has 0 fully saturated rings. The van der Waals surface area contributed by atoms with E-state index in [2.05, 4.69) is 19.2 Å². The maximum Gasteiger partial charge on any atom is 0.268 e. The summed E-state index contributed by atoms with van der Waals surface area (Å²) >= 11 is 0. The topological polar surface area (TPSA) is 108 Å². The third-order valence-corrected chi connectivity index (χ3v) is 13.5. The van der Waals surface area contributed by atoms with Gasteiger partial charge in [0.05, 0.1) is 39.9 Å². The fraction of sp³-hybridized carbons (Fsp3) is 0.943. The lowest BCUT2D eigenvalue weighted by Gasteiger charge is -2.29. The molecule has 0 saturated heterocycles. The molecule has 0 saturated carbocycles. The predicted molar refractivity (Wildman–Crippen MR) is 266 cm³/mol. The quantitative estimate of drug-likeness (QED) is 0.0272. The van der Waals surface area contributed by atoms with Crippen molar-refractivity contribution in [3.63, 3.8) is 0 Å². The van der Waals surface area contributed by atoms with Gasteiger partial charge in [0.2, 0.25) is 5.91 Å². The highest BCUT2D eigenvalue weighted by molar-refractivity contribution is 7.45. The normalized spacial score (nSPS) is 14.1. The Hall–Kier alpha value is -0.760. The van der Waals surface area contributed by atoms with Crippen LogP contribution < -0.4 is 10.2 Å².